The van der Waals surface area contributed by atoms with Crippen LogP contribution in [0, 0.1) is 17.0 Å². The number of rotatable bonds is 4. The zero-order valence-corrected chi connectivity index (χ0v) is 9.80. The predicted octanol–water partition coefficient (Wildman–Crippen LogP) is 1.68. The molecule has 0 aliphatic heterocycles. The second kappa shape index (κ2) is 4.53. The molecular weight excluding hydrogens is 244 g/mol. The Morgan fingerprint density at radius 2 is 2.11 bits per heavy atom. The summed E-state index contributed by atoms with van der Waals surface area (Å²) in [6.45, 7) is -0.293. The van der Waals surface area contributed by atoms with Crippen molar-refractivity contribution in [2.75, 3.05) is 19.0 Å². The molecule has 1 aliphatic carbocycles. The minimum absolute atomic E-state index is 0.228. The molecule has 0 aromatic heterocycles. The lowest BCUT2D eigenvalue weighted by Crippen LogP contribution is -2.27. The maximum absolute atomic E-state index is 13.6. The fraction of sp³-hybridized carbons (Fsp3) is 0.417. The SMILES string of the molecule is COc1cc(F)c(NC(=O)C2(CO)CC2)cc1F. The van der Waals surface area contributed by atoms with Crippen molar-refractivity contribution >= 4 is 11.6 Å². The molecule has 0 bridgehead atoms. The first-order valence-electron chi connectivity index (χ1n) is 5.48. The molecule has 1 aliphatic rings. The van der Waals surface area contributed by atoms with Crippen LogP contribution in [0.15, 0.2) is 12.1 Å². The highest BCUT2D eigenvalue weighted by molar-refractivity contribution is 5.97. The van der Waals surface area contributed by atoms with E-state index in [-0.39, 0.29) is 18.0 Å². The standard InChI is InChI=1S/C12H13F2NO3/c1-18-10-5-7(13)9(4-8(10)14)15-11(17)12(6-16)2-3-12/h4-5,16H,2-3,6H2,1H3,(H,15,17). The average Bonchev–Trinajstić information content (AvgIpc) is 3.14. The number of halogens is 2. The Hall–Kier alpha value is -1.69. The molecule has 0 saturated heterocycles. The summed E-state index contributed by atoms with van der Waals surface area (Å²) < 4.78 is 31.6. The van der Waals surface area contributed by atoms with E-state index in [1.54, 1.807) is 0 Å². The first kappa shape index (κ1) is 12.8. The van der Waals surface area contributed by atoms with Crippen molar-refractivity contribution in [2.45, 2.75) is 12.8 Å². The Kier molecular flexibility index (Phi) is 3.21. The van der Waals surface area contributed by atoms with Crippen LogP contribution in [-0.2, 0) is 4.79 Å². The average molecular weight is 257 g/mol. The van der Waals surface area contributed by atoms with Crippen LogP contribution in [-0.4, -0.2) is 24.7 Å². The smallest absolute Gasteiger partial charge is 0.232 e. The van der Waals surface area contributed by atoms with E-state index in [1.807, 2.05) is 0 Å². The third-order valence-electron chi connectivity index (χ3n) is 3.13. The van der Waals surface area contributed by atoms with Gasteiger partial charge in [0.15, 0.2) is 17.4 Å². The van der Waals surface area contributed by atoms with Crippen LogP contribution in [0.2, 0.25) is 0 Å². The van der Waals surface area contributed by atoms with E-state index in [4.69, 9.17) is 5.11 Å². The molecule has 4 nitrogen and oxygen atoms in total. The Balaban J connectivity index is 2.19. The Morgan fingerprint density at radius 3 is 2.61 bits per heavy atom. The summed E-state index contributed by atoms with van der Waals surface area (Å²) in [7, 11) is 1.22. The zero-order chi connectivity index (χ0) is 13.3. The molecule has 0 unspecified atom stereocenters. The van der Waals surface area contributed by atoms with Gasteiger partial charge in [-0.1, -0.05) is 0 Å². The number of aliphatic hydroxyl groups is 1. The van der Waals surface area contributed by atoms with Gasteiger partial charge < -0.3 is 15.2 Å². The highest BCUT2D eigenvalue weighted by atomic mass is 19.1. The van der Waals surface area contributed by atoms with Gasteiger partial charge in [0.2, 0.25) is 5.91 Å². The zero-order valence-electron chi connectivity index (χ0n) is 9.80. The van der Waals surface area contributed by atoms with E-state index in [0.29, 0.717) is 12.8 Å². The molecule has 0 radical (unpaired) electrons. The van der Waals surface area contributed by atoms with Gasteiger partial charge in [-0.05, 0) is 12.8 Å². The number of benzene rings is 1. The summed E-state index contributed by atoms with van der Waals surface area (Å²) in [6.07, 6.45) is 1.10. The van der Waals surface area contributed by atoms with Crippen molar-refractivity contribution < 1.29 is 23.4 Å². The Labute approximate surface area is 103 Å². The van der Waals surface area contributed by atoms with Crippen LogP contribution in [0.1, 0.15) is 12.8 Å². The minimum atomic E-state index is -0.831. The largest absolute Gasteiger partial charge is 0.494 e. The van der Waals surface area contributed by atoms with Crippen LogP contribution in [0.25, 0.3) is 0 Å². The predicted molar refractivity (Wildman–Crippen MR) is 60.3 cm³/mol. The van der Waals surface area contributed by atoms with Crippen molar-refractivity contribution in [3.05, 3.63) is 23.8 Å². The maximum Gasteiger partial charge on any atom is 0.232 e. The summed E-state index contributed by atoms with van der Waals surface area (Å²) in [5.74, 6) is -2.26. The lowest BCUT2D eigenvalue weighted by molar-refractivity contribution is -0.122. The van der Waals surface area contributed by atoms with E-state index >= 15 is 0 Å². The van der Waals surface area contributed by atoms with Gasteiger partial charge in [0.1, 0.15) is 0 Å². The third kappa shape index (κ3) is 2.15. The van der Waals surface area contributed by atoms with Crippen LogP contribution < -0.4 is 10.1 Å². The molecule has 1 fully saturated rings. The number of hydrogen-bond donors (Lipinski definition) is 2. The van der Waals surface area contributed by atoms with Gasteiger partial charge in [-0.25, -0.2) is 8.78 Å². The van der Waals surface area contributed by atoms with Crippen LogP contribution in [0.4, 0.5) is 14.5 Å². The quantitative estimate of drug-likeness (QED) is 0.862. The fourth-order valence-corrected chi connectivity index (χ4v) is 1.64. The van der Waals surface area contributed by atoms with Crippen molar-refractivity contribution in [3.63, 3.8) is 0 Å². The second-order valence-electron chi connectivity index (χ2n) is 4.36. The first-order chi connectivity index (χ1) is 8.52. The normalized spacial score (nSPS) is 16.2. The molecule has 0 spiro atoms. The fourth-order valence-electron chi connectivity index (χ4n) is 1.64. The number of amides is 1. The number of hydrogen-bond acceptors (Lipinski definition) is 3. The molecule has 2 N–H and O–H groups in total. The lowest BCUT2D eigenvalue weighted by atomic mass is 10.1. The summed E-state index contributed by atoms with van der Waals surface area (Å²) in [5, 5.41) is 11.3. The van der Waals surface area contributed by atoms with E-state index in [9.17, 15) is 13.6 Å². The van der Waals surface area contributed by atoms with E-state index in [2.05, 4.69) is 10.1 Å². The number of aliphatic hydroxyl groups excluding tert-OH is 1. The number of nitrogens with one attached hydrogen (secondary N) is 1. The van der Waals surface area contributed by atoms with Crippen LogP contribution in [0.5, 0.6) is 5.75 Å². The molecular formula is C12H13F2NO3. The molecule has 0 heterocycles. The molecule has 1 aromatic carbocycles. The van der Waals surface area contributed by atoms with Crippen LogP contribution in [0.3, 0.4) is 0 Å². The molecule has 6 heteroatoms. The topological polar surface area (TPSA) is 58.6 Å². The Bertz CT molecular complexity index is 486. The number of anilines is 1. The summed E-state index contributed by atoms with van der Waals surface area (Å²) in [5.41, 5.74) is -1.08. The van der Waals surface area contributed by atoms with Gasteiger partial charge in [0.05, 0.1) is 24.8 Å². The first-order valence-corrected chi connectivity index (χ1v) is 5.48. The van der Waals surface area contributed by atoms with Gasteiger partial charge in [-0.2, -0.15) is 0 Å². The van der Waals surface area contributed by atoms with Crippen molar-refractivity contribution in [3.8, 4) is 5.75 Å². The summed E-state index contributed by atoms with van der Waals surface area (Å²) >= 11 is 0. The van der Waals surface area contributed by atoms with Crippen molar-refractivity contribution in [2.24, 2.45) is 5.41 Å². The molecule has 2 rings (SSSR count). The summed E-state index contributed by atoms with van der Waals surface area (Å²) in [4.78, 5) is 11.8. The highest BCUT2D eigenvalue weighted by Gasteiger charge is 2.49. The second-order valence-corrected chi connectivity index (χ2v) is 4.36. The lowest BCUT2D eigenvalue weighted by Gasteiger charge is -2.13. The van der Waals surface area contributed by atoms with E-state index in [0.717, 1.165) is 12.1 Å². The monoisotopic (exact) mass is 257 g/mol. The van der Waals surface area contributed by atoms with Crippen LogP contribution >= 0.6 is 0 Å². The van der Waals surface area contributed by atoms with Crippen molar-refractivity contribution in [1.29, 1.82) is 0 Å². The third-order valence-corrected chi connectivity index (χ3v) is 3.13. The van der Waals surface area contributed by atoms with Gasteiger partial charge >= 0.3 is 0 Å². The highest BCUT2D eigenvalue weighted by Crippen LogP contribution is 2.46. The van der Waals surface area contributed by atoms with Crippen molar-refractivity contribution in [1.82, 2.24) is 0 Å². The van der Waals surface area contributed by atoms with Gasteiger partial charge in [-0.15, -0.1) is 0 Å². The maximum atomic E-state index is 13.6. The van der Waals surface area contributed by atoms with E-state index < -0.39 is 23.0 Å². The number of ether oxygens (including phenoxy) is 1. The number of methoxy groups -OCH3 is 1. The minimum Gasteiger partial charge on any atom is -0.494 e. The van der Waals surface area contributed by atoms with Gasteiger partial charge in [-0.3, -0.25) is 4.79 Å². The summed E-state index contributed by atoms with van der Waals surface area (Å²) in [6, 6.07) is 1.73. The Morgan fingerprint density at radius 1 is 1.44 bits per heavy atom. The number of carbonyl (C=O) groups is 1. The molecule has 1 amide bonds. The molecule has 18 heavy (non-hydrogen) atoms. The number of carbonyl (C=O) groups excluding carboxylic acids is 1. The molecule has 0 atom stereocenters. The molecule has 1 saturated carbocycles. The van der Waals surface area contributed by atoms with E-state index in [1.165, 1.54) is 7.11 Å². The van der Waals surface area contributed by atoms with Gasteiger partial charge in [0, 0.05) is 12.1 Å². The molecule has 1 aromatic rings. The molecule has 98 valence electrons. The van der Waals surface area contributed by atoms with Gasteiger partial charge in [0.25, 0.3) is 0 Å².